The molecule has 32 heavy (non-hydrogen) atoms. The van der Waals surface area contributed by atoms with Gasteiger partial charge in [0.05, 0.1) is 6.61 Å². The van der Waals surface area contributed by atoms with Crippen molar-refractivity contribution in [2.45, 2.75) is 33.3 Å². The van der Waals surface area contributed by atoms with Crippen LogP contribution in [0.5, 0.6) is 11.5 Å². The third-order valence-electron chi connectivity index (χ3n) is 5.52. The van der Waals surface area contributed by atoms with Gasteiger partial charge in [0.2, 0.25) is 0 Å². The fraction of sp³-hybridized carbons (Fsp3) is 0.308. The number of anilines is 2. The molecule has 0 saturated carbocycles. The number of hydrogen-bond donors (Lipinski definition) is 1. The van der Waals surface area contributed by atoms with Gasteiger partial charge in [0.25, 0.3) is 5.91 Å². The van der Waals surface area contributed by atoms with Gasteiger partial charge < -0.3 is 19.7 Å². The smallest absolute Gasteiger partial charge is 0.255 e. The number of aryl methyl sites for hydroxylation is 1. The summed E-state index contributed by atoms with van der Waals surface area (Å²) in [5.74, 6) is 0.959. The van der Waals surface area contributed by atoms with Crippen molar-refractivity contribution in [3.8, 4) is 11.5 Å². The van der Waals surface area contributed by atoms with Crippen molar-refractivity contribution in [1.82, 2.24) is 4.98 Å². The van der Waals surface area contributed by atoms with Crippen LogP contribution in [0.1, 0.15) is 41.3 Å². The Morgan fingerprint density at radius 3 is 2.62 bits per heavy atom. The minimum absolute atomic E-state index is 0.182. The molecule has 1 aromatic heterocycles. The van der Waals surface area contributed by atoms with Crippen molar-refractivity contribution in [2.75, 3.05) is 29.9 Å². The van der Waals surface area contributed by atoms with Gasteiger partial charge in [-0.2, -0.15) is 0 Å². The summed E-state index contributed by atoms with van der Waals surface area (Å²) in [6.07, 6.45) is 5.97. The van der Waals surface area contributed by atoms with Crippen LogP contribution in [0.2, 0.25) is 0 Å². The molecular weight excluding hydrogens is 402 g/mol. The van der Waals surface area contributed by atoms with Gasteiger partial charge in [-0.15, -0.1) is 0 Å². The average molecular weight is 432 g/mol. The lowest BCUT2D eigenvalue weighted by atomic mass is 10.1. The molecule has 1 aliphatic rings. The van der Waals surface area contributed by atoms with E-state index in [4.69, 9.17) is 9.47 Å². The zero-order chi connectivity index (χ0) is 22.3. The molecule has 1 amide bonds. The maximum absolute atomic E-state index is 12.9. The van der Waals surface area contributed by atoms with Crippen LogP contribution >= 0.6 is 0 Å². The van der Waals surface area contributed by atoms with E-state index in [1.54, 1.807) is 30.6 Å². The predicted molar refractivity (Wildman–Crippen MR) is 127 cm³/mol. The zero-order valence-electron chi connectivity index (χ0n) is 18.6. The molecule has 3 aromatic rings. The summed E-state index contributed by atoms with van der Waals surface area (Å²) in [6.45, 7) is 7.05. The number of rotatable bonds is 8. The number of nitrogens with zero attached hydrogens (tertiary/aromatic N) is 2. The maximum Gasteiger partial charge on any atom is 0.255 e. The summed E-state index contributed by atoms with van der Waals surface area (Å²) in [6, 6.07) is 15.2. The van der Waals surface area contributed by atoms with Gasteiger partial charge in [-0.25, -0.2) is 0 Å². The number of ether oxygens (including phenoxy) is 2. The highest BCUT2D eigenvalue weighted by Gasteiger charge is 2.16. The fourth-order valence-electron chi connectivity index (χ4n) is 3.93. The van der Waals surface area contributed by atoms with E-state index in [-0.39, 0.29) is 5.91 Å². The maximum atomic E-state index is 12.9. The number of pyridine rings is 1. The van der Waals surface area contributed by atoms with Crippen LogP contribution < -0.4 is 19.7 Å². The van der Waals surface area contributed by atoms with Crippen LogP contribution in [-0.4, -0.2) is 30.6 Å². The van der Waals surface area contributed by atoms with E-state index in [9.17, 15) is 4.79 Å². The van der Waals surface area contributed by atoms with Gasteiger partial charge in [-0.05, 0) is 74.7 Å². The van der Waals surface area contributed by atoms with E-state index in [0.717, 1.165) is 24.3 Å². The number of hydrogen-bond acceptors (Lipinski definition) is 5. The largest absolute Gasteiger partial charge is 0.490 e. The van der Waals surface area contributed by atoms with Gasteiger partial charge in [-0.1, -0.05) is 6.07 Å². The summed E-state index contributed by atoms with van der Waals surface area (Å²) >= 11 is 0. The highest BCUT2D eigenvalue weighted by Crippen LogP contribution is 2.30. The lowest BCUT2D eigenvalue weighted by Gasteiger charge is -2.20. The molecule has 6 nitrogen and oxygen atoms in total. The Morgan fingerprint density at radius 1 is 1.06 bits per heavy atom. The molecule has 0 aliphatic carbocycles. The summed E-state index contributed by atoms with van der Waals surface area (Å²) in [7, 11) is 0. The first-order chi connectivity index (χ1) is 15.6. The lowest BCUT2D eigenvalue weighted by molar-refractivity contribution is 0.102. The molecule has 1 saturated heterocycles. The Bertz CT molecular complexity index is 1060. The molecule has 4 rings (SSSR count). The minimum Gasteiger partial charge on any atom is -0.490 e. The standard InChI is InChI=1S/C26H29N3O3/c1-3-31-25-16-21(8-11-24(25)32-18-20-7-6-12-27-17-20)26(30)28-22-9-10-23(19(2)15-22)29-13-4-5-14-29/h6-12,15-17H,3-5,13-14,18H2,1-2H3,(H,28,30). The number of aromatic nitrogens is 1. The molecule has 0 radical (unpaired) electrons. The summed E-state index contributed by atoms with van der Waals surface area (Å²) in [4.78, 5) is 19.4. The third-order valence-corrected chi connectivity index (χ3v) is 5.52. The molecule has 0 spiro atoms. The van der Waals surface area contributed by atoms with Gasteiger partial charge in [0, 0.05) is 48.0 Å². The Labute approximate surface area is 189 Å². The quantitative estimate of drug-likeness (QED) is 0.530. The van der Waals surface area contributed by atoms with Crippen LogP contribution in [0.15, 0.2) is 60.9 Å². The fourth-order valence-corrected chi connectivity index (χ4v) is 3.93. The van der Waals surface area contributed by atoms with E-state index < -0.39 is 0 Å². The minimum atomic E-state index is -0.182. The SMILES string of the molecule is CCOc1cc(C(=O)Nc2ccc(N3CCCC3)c(C)c2)ccc1OCc1cccnc1. The van der Waals surface area contributed by atoms with Crippen molar-refractivity contribution >= 4 is 17.3 Å². The molecule has 0 atom stereocenters. The molecule has 1 N–H and O–H groups in total. The number of nitrogens with one attached hydrogen (secondary N) is 1. The first-order valence-electron chi connectivity index (χ1n) is 11.1. The van der Waals surface area contributed by atoms with Crippen LogP contribution in [0, 0.1) is 6.92 Å². The van der Waals surface area contributed by atoms with Crippen LogP contribution in [0.25, 0.3) is 0 Å². The van der Waals surface area contributed by atoms with Gasteiger partial charge >= 0.3 is 0 Å². The van der Waals surface area contributed by atoms with Crippen LogP contribution in [0.3, 0.4) is 0 Å². The first kappa shape index (κ1) is 21.7. The topological polar surface area (TPSA) is 63.7 Å². The van der Waals surface area contributed by atoms with E-state index in [0.29, 0.717) is 30.3 Å². The molecule has 166 valence electrons. The zero-order valence-corrected chi connectivity index (χ0v) is 18.6. The second-order valence-corrected chi connectivity index (χ2v) is 7.89. The van der Waals surface area contributed by atoms with E-state index in [2.05, 4.69) is 28.2 Å². The second kappa shape index (κ2) is 10.2. The van der Waals surface area contributed by atoms with Crippen molar-refractivity contribution in [2.24, 2.45) is 0 Å². The van der Waals surface area contributed by atoms with E-state index >= 15 is 0 Å². The molecular formula is C26H29N3O3. The highest BCUT2D eigenvalue weighted by molar-refractivity contribution is 6.04. The number of benzene rings is 2. The number of carbonyl (C=O) groups is 1. The molecule has 1 aliphatic heterocycles. The van der Waals surface area contributed by atoms with Gasteiger partial charge in [0.1, 0.15) is 6.61 Å². The van der Waals surface area contributed by atoms with E-state index in [1.165, 1.54) is 24.1 Å². The van der Waals surface area contributed by atoms with Crippen LogP contribution in [0.4, 0.5) is 11.4 Å². The Hall–Kier alpha value is -3.54. The van der Waals surface area contributed by atoms with Gasteiger partial charge in [-0.3, -0.25) is 9.78 Å². The Kier molecular flexibility index (Phi) is 6.90. The summed E-state index contributed by atoms with van der Waals surface area (Å²) < 4.78 is 11.6. The van der Waals surface area contributed by atoms with Crippen molar-refractivity contribution in [3.05, 3.63) is 77.6 Å². The van der Waals surface area contributed by atoms with Crippen molar-refractivity contribution in [1.29, 1.82) is 0 Å². The Balaban J connectivity index is 1.45. The molecule has 2 aromatic carbocycles. The third kappa shape index (κ3) is 5.19. The van der Waals surface area contributed by atoms with Gasteiger partial charge in [0.15, 0.2) is 11.5 Å². The Morgan fingerprint density at radius 2 is 1.91 bits per heavy atom. The normalized spacial score (nSPS) is 13.1. The average Bonchev–Trinajstić information content (AvgIpc) is 3.34. The van der Waals surface area contributed by atoms with Crippen molar-refractivity contribution < 1.29 is 14.3 Å². The van der Waals surface area contributed by atoms with Crippen LogP contribution in [-0.2, 0) is 6.61 Å². The molecule has 0 unspecified atom stereocenters. The first-order valence-corrected chi connectivity index (χ1v) is 11.1. The van der Waals surface area contributed by atoms with E-state index in [1.807, 2.05) is 31.2 Å². The predicted octanol–water partition coefficient (Wildman–Crippen LogP) is 5.22. The molecule has 2 heterocycles. The second-order valence-electron chi connectivity index (χ2n) is 7.89. The monoisotopic (exact) mass is 431 g/mol. The number of carbonyl (C=O) groups excluding carboxylic acids is 1. The molecule has 6 heteroatoms. The molecule has 0 bridgehead atoms. The summed E-state index contributed by atoms with van der Waals surface area (Å²) in [5.41, 5.74) is 4.67. The molecule has 1 fully saturated rings. The lowest BCUT2D eigenvalue weighted by Crippen LogP contribution is -2.19. The summed E-state index contributed by atoms with van der Waals surface area (Å²) in [5, 5.41) is 3.00. The van der Waals surface area contributed by atoms with Crippen molar-refractivity contribution in [3.63, 3.8) is 0 Å². The highest BCUT2D eigenvalue weighted by atomic mass is 16.5. The number of amides is 1.